The molecule has 0 atom stereocenters. The van der Waals surface area contributed by atoms with Crippen molar-refractivity contribution in [3.63, 3.8) is 0 Å². The van der Waals surface area contributed by atoms with Crippen LogP contribution in [0.2, 0.25) is 5.15 Å². The molecule has 0 aliphatic rings. The summed E-state index contributed by atoms with van der Waals surface area (Å²) in [7, 11) is -3.49. The smallest absolute Gasteiger partial charge is 0.301 e. The molecule has 2 rings (SSSR count). The van der Waals surface area contributed by atoms with E-state index in [2.05, 4.69) is 4.98 Å². The molecule has 0 bridgehead atoms. The molecule has 0 amide bonds. The lowest BCUT2D eigenvalue weighted by Gasteiger charge is -2.22. The van der Waals surface area contributed by atoms with Gasteiger partial charge in [0, 0.05) is 0 Å². The third kappa shape index (κ3) is 3.99. The van der Waals surface area contributed by atoms with Gasteiger partial charge in [-0.1, -0.05) is 17.7 Å². The number of fused-ring (bicyclic) bond motifs is 1. The topological polar surface area (TPSA) is 52.8 Å². The number of aromatic nitrogens is 2. The number of imidazole rings is 1. The van der Waals surface area contributed by atoms with Crippen LogP contribution in [0.4, 0.5) is 0 Å². The number of hydrogen-bond acceptors (Lipinski definition) is 4. The largest absolute Gasteiger partial charge is 0.380 e. The minimum atomic E-state index is -3.49. The van der Waals surface area contributed by atoms with E-state index in [1.165, 1.54) is 6.20 Å². The second-order valence-corrected chi connectivity index (χ2v) is 7.23. The predicted octanol–water partition coefficient (Wildman–Crippen LogP) is 4.08. The Hall–Kier alpha value is -0.580. The zero-order chi connectivity index (χ0) is 14.9. The molecule has 8 heteroatoms. The molecule has 0 spiro atoms. The van der Waals surface area contributed by atoms with Crippen molar-refractivity contribution in [2.75, 3.05) is 0 Å². The maximum Gasteiger partial charge on any atom is 0.380 e. The van der Waals surface area contributed by atoms with E-state index in [0.717, 1.165) is 0 Å². The Balaban J connectivity index is 0.00000220. The highest BCUT2D eigenvalue weighted by Gasteiger charge is 2.34. The van der Waals surface area contributed by atoms with Crippen molar-refractivity contribution in [3.05, 3.63) is 29.5 Å². The quantitative estimate of drug-likeness (QED) is 0.600. The Labute approximate surface area is 135 Å². The summed E-state index contributed by atoms with van der Waals surface area (Å²) >= 11 is 6.17. The predicted molar refractivity (Wildman–Crippen MR) is 87.1 cm³/mol. The van der Waals surface area contributed by atoms with Crippen molar-refractivity contribution in [1.29, 1.82) is 0 Å². The summed E-state index contributed by atoms with van der Waals surface area (Å²) in [6, 6.07) is 5.27. The fourth-order valence-electron chi connectivity index (χ4n) is 1.86. The van der Waals surface area contributed by atoms with E-state index in [9.17, 15) is 4.57 Å². The average Bonchev–Trinajstić information content (AvgIpc) is 2.72. The van der Waals surface area contributed by atoms with Gasteiger partial charge >= 0.3 is 7.60 Å². The molecule has 0 N–H and O–H groups in total. The van der Waals surface area contributed by atoms with Gasteiger partial charge in [-0.15, -0.1) is 12.4 Å². The monoisotopic (exact) mass is 352 g/mol. The molecule has 2 heterocycles. The summed E-state index contributed by atoms with van der Waals surface area (Å²) in [6.45, 7) is 7.23. The summed E-state index contributed by atoms with van der Waals surface area (Å²) in [5.41, 5.74) is 0.952. The van der Waals surface area contributed by atoms with Crippen LogP contribution in [0, 0.1) is 0 Å². The molecule has 2 aromatic heterocycles. The zero-order valence-corrected chi connectivity index (χ0v) is 14.8. The van der Waals surface area contributed by atoms with E-state index < -0.39 is 7.60 Å². The van der Waals surface area contributed by atoms with Crippen LogP contribution >= 0.6 is 31.6 Å². The van der Waals surface area contributed by atoms with Crippen LogP contribution in [0.25, 0.3) is 5.65 Å². The molecular weight excluding hydrogens is 334 g/mol. The first kappa shape index (κ1) is 18.5. The highest BCUT2D eigenvalue weighted by molar-refractivity contribution is 7.62. The van der Waals surface area contributed by atoms with Crippen molar-refractivity contribution in [1.82, 2.24) is 9.38 Å². The van der Waals surface area contributed by atoms with E-state index in [1.54, 1.807) is 50.3 Å². The Morgan fingerprint density at radius 2 is 1.76 bits per heavy atom. The van der Waals surface area contributed by atoms with Crippen molar-refractivity contribution < 1.29 is 13.6 Å². The molecule has 2 aromatic rings. The Kier molecular flexibility index (Phi) is 6.26. The fourth-order valence-corrected chi connectivity index (χ4v) is 4.20. The minimum absolute atomic E-state index is 0. The van der Waals surface area contributed by atoms with Gasteiger partial charge in [0.15, 0.2) is 5.44 Å². The van der Waals surface area contributed by atoms with Gasteiger partial charge in [0.05, 0.1) is 18.4 Å². The third-order valence-electron chi connectivity index (χ3n) is 2.44. The van der Waals surface area contributed by atoms with Crippen LogP contribution in [0.1, 0.15) is 27.7 Å². The van der Waals surface area contributed by atoms with Crippen molar-refractivity contribution in [2.24, 2.45) is 0 Å². The Morgan fingerprint density at radius 3 is 2.29 bits per heavy atom. The second-order valence-electron chi connectivity index (χ2n) is 4.96. The molecule has 0 fully saturated rings. The molecule has 0 unspecified atom stereocenters. The van der Waals surface area contributed by atoms with Gasteiger partial charge in [0.25, 0.3) is 0 Å². The second kappa shape index (κ2) is 7.12. The SMILES string of the molecule is CC(C)OP(=O)(OC(C)C)c1cnc2cccc(Cl)n12.Cl. The first-order valence-electron chi connectivity index (χ1n) is 6.43. The molecule has 0 radical (unpaired) electrons. The molecular formula is C13H19Cl2N2O3P. The van der Waals surface area contributed by atoms with Gasteiger partial charge in [-0.25, -0.2) is 4.98 Å². The number of hydrogen-bond donors (Lipinski definition) is 0. The lowest BCUT2D eigenvalue weighted by molar-refractivity contribution is 0.149. The first-order chi connectivity index (χ1) is 9.33. The van der Waals surface area contributed by atoms with Crippen molar-refractivity contribution >= 4 is 42.7 Å². The molecule has 118 valence electrons. The van der Waals surface area contributed by atoms with E-state index in [1.807, 2.05) is 0 Å². The number of rotatable bonds is 5. The summed E-state index contributed by atoms with van der Waals surface area (Å²) in [4.78, 5) is 4.21. The van der Waals surface area contributed by atoms with Gasteiger partial charge in [-0.3, -0.25) is 8.97 Å². The highest BCUT2D eigenvalue weighted by Crippen LogP contribution is 2.49. The fraction of sp³-hybridized carbons (Fsp3) is 0.462. The molecule has 0 aromatic carbocycles. The summed E-state index contributed by atoms with van der Waals surface area (Å²) in [5, 5.41) is 0.412. The maximum absolute atomic E-state index is 13.1. The van der Waals surface area contributed by atoms with Gasteiger partial charge in [-0.05, 0) is 39.8 Å². The average molecular weight is 353 g/mol. The van der Waals surface area contributed by atoms with E-state index >= 15 is 0 Å². The van der Waals surface area contributed by atoms with Crippen molar-refractivity contribution in [3.8, 4) is 0 Å². The van der Waals surface area contributed by atoms with Crippen LogP contribution in [-0.4, -0.2) is 21.6 Å². The first-order valence-corrected chi connectivity index (χ1v) is 8.35. The molecule has 0 saturated heterocycles. The van der Waals surface area contributed by atoms with Gasteiger partial charge in [0.2, 0.25) is 0 Å². The molecule has 0 aliphatic heterocycles. The number of halogens is 2. The third-order valence-corrected chi connectivity index (χ3v) is 5.01. The summed E-state index contributed by atoms with van der Waals surface area (Å²) in [5.74, 6) is 0. The number of pyridine rings is 1. The Bertz CT molecular complexity index is 644. The van der Waals surface area contributed by atoms with Crippen molar-refractivity contribution in [2.45, 2.75) is 39.9 Å². The van der Waals surface area contributed by atoms with Crippen LogP contribution in [0.5, 0.6) is 0 Å². The molecule has 0 saturated carbocycles. The summed E-state index contributed by atoms with van der Waals surface area (Å²) < 4.78 is 25.8. The minimum Gasteiger partial charge on any atom is -0.301 e. The lowest BCUT2D eigenvalue weighted by atomic mass is 10.5. The van der Waals surface area contributed by atoms with Crippen LogP contribution in [0.3, 0.4) is 0 Å². The standard InChI is InChI=1S/C13H18ClN2O3P.ClH/c1-9(2)18-20(17,19-10(3)4)13-8-15-12-7-5-6-11(14)16(12)13;/h5-10H,1-4H3;1H. The summed E-state index contributed by atoms with van der Waals surface area (Å²) in [6.07, 6.45) is 1.01. The van der Waals surface area contributed by atoms with E-state index in [-0.39, 0.29) is 24.6 Å². The zero-order valence-electron chi connectivity index (χ0n) is 12.3. The van der Waals surface area contributed by atoms with Crippen LogP contribution < -0.4 is 5.44 Å². The molecule has 0 aliphatic carbocycles. The normalized spacial score (nSPS) is 12.1. The Morgan fingerprint density at radius 1 is 1.19 bits per heavy atom. The van der Waals surface area contributed by atoms with Crippen LogP contribution in [0.15, 0.2) is 24.4 Å². The molecule has 21 heavy (non-hydrogen) atoms. The van der Waals surface area contributed by atoms with E-state index in [4.69, 9.17) is 20.6 Å². The van der Waals surface area contributed by atoms with E-state index in [0.29, 0.717) is 16.2 Å². The van der Waals surface area contributed by atoms with Gasteiger partial charge < -0.3 is 9.05 Å². The maximum atomic E-state index is 13.1. The number of nitrogens with zero attached hydrogens (tertiary/aromatic N) is 2. The van der Waals surface area contributed by atoms with Crippen LogP contribution in [-0.2, 0) is 13.6 Å². The van der Waals surface area contributed by atoms with Gasteiger partial charge in [-0.2, -0.15) is 0 Å². The highest BCUT2D eigenvalue weighted by atomic mass is 35.5. The molecule has 5 nitrogen and oxygen atoms in total. The van der Waals surface area contributed by atoms with Gasteiger partial charge in [0.1, 0.15) is 10.8 Å². The lowest BCUT2D eigenvalue weighted by Crippen LogP contribution is -2.20.